The molecule has 0 fully saturated rings. The Morgan fingerprint density at radius 1 is 1.33 bits per heavy atom. The summed E-state index contributed by atoms with van der Waals surface area (Å²) in [5.74, 6) is -0.164. The molecule has 0 spiro atoms. The Kier molecular flexibility index (Phi) is 5.18. The minimum Gasteiger partial charge on any atom is -0.465 e. The molecule has 2 aromatic carbocycles. The van der Waals surface area contributed by atoms with Gasteiger partial charge in [-0.1, -0.05) is 0 Å². The molecule has 3 rings (SSSR count). The number of hydrogen-bond donors (Lipinski definition) is 1. The van der Waals surface area contributed by atoms with Gasteiger partial charge in [0.1, 0.15) is 5.82 Å². The number of aromatic nitrogens is 1. The van der Waals surface area contributed by atoms with Gasteiger partial charge < -0.3 is 14.5 Å². The third kappa shape index (κ3) is 3.96. The molecule has 1 heterocycles. The number of nitrogens with zero attached hydrogens (tertiary/aromatic N) is 2. The number of oxazole rings is 1. The van der Waals surface area contributed by atoms with Crippen molar-refractivity contribution >= 4 is 11.7 Å². The number of benzene rings is 2. The summed E-state index contributed by atoms with van der Waals surface area (Å²) >= 11 is 0. The van der Waals surface area contributed by atoms with Gasteiger partial charge in [-0.05, 0) is 43.3 Å². The molecule has 0 radical (unpaired) electrons. The average Bonchev–Trinajstić information content (AvgIpc) is 3.17. The van der Waals surface area contributed by atoms with E-state index in [0.29, 0.717) is 28.5 Å². The standard InChI is InChI=1S/C20H16FN3O3/c1-12-16(21)7-15(20(25)26-2)8-17(12)23-11-19-24-10-18(27-19)14-5-3-13(9-22)4-6-14/h3-8,10,23H,11H2,1-2H3. The van der Waals surface area contributed by atoms with Gasteiger partial charge >= 0.3 is 5.97 Å². The fourth-order valence-electron chi connectivity index (χ4n) is 2.50. The summed E-state index contributed by atoms with van der Waals surface area (Å²) < 4.78 is 24.4. The lowest BCUT2D eigenvalue weighted by atomic mass is 10.1. The van der Waals surface area contributed by atoms with Crippen molar-refractivity contribution in [3.05, 3.63) is 71.0 Å². The van der Waals surface area contributed by atoms with E-state index in [4.69, 9.17) is 9.68 Å². The number of nitrogens with one attached hydrogen (secondary N) is 1. The number of halogens is 1. The van der Waals surface area contributed by atoms with Crippen molar-refractivity contribution in [1.82, 2.24) is 4.98 Å². The summed E-state index contributed by atoms with van der Waals surface area (Å²) in [4.78, 5) is 15.8. The van der Waals surface area contributed by atoms with Crippen LogP contribution in [0, 0.1) is 24.1 Å². The van der Waals surface area contributed by atoms with E-state index in [0.717, 1.165) is 11.6 Å². The molecule has 27 heavy (non-hydrogen) atoms. The number of rotatable bonds is 5. The van der Waals surface area contributed by atoms with Gasteiger partial charge in [0, 0.05) is 16.8 Å². The molecular weight excluding hydrogens is 349 g/mol. The van der Waals surface area contributed by atoms with Crippen molar-refractivity contribution in [3.8, 4) is 17.4 Å². The van der Waals surface area contributed by atoms with Crippen LogP contribution in [0.15, 0.2) is 47.0 Å². The summed E-state index contributed by atoms with van der Waals surface area (Å²) in [6.07, 6.45) is 1.58. The molecule has 0 bridgehead atoms. The Labute approximate surface area is 155 Å². The van der Waals surface area contributed by atoms with Crippen molar-refractivity contribution in [2.24, 2.45) is 0 Å². The molecule has 0 amide bonds. The molecule has 1 N–H and O–H groups in total. The van der Waals surface area contributed by atoms with Crippen LogP contribution in [0.4, 0.5) is 10.1 Å². The van der Waals surface area contributed by atoms with E-state index in [1.54, 1.807) is 37.4 Å². The SMILES string of the molecule is COC(=O)c1cc(F)c(C)c(NCc2ncc(-c3ccc(C#N)cc3)o2)c1. The highest BCUT2D eigenvalue weighted by atomic mass is 19.1. The van der Waals surface area contributed by atoms with Gasteiger partial charge in [-0.15, -0.1) is 0 Å². The van der Waals surface area contributed by atoms with Crippen molar-refractivity contribution in [2.45, 2.75) is 13.5 Å². The number of ether oxygens (including phenoxy) is 1. The van der Waals surface area contributed by atoms with Crippen LogP contribution in [0.2, 0.25) is 0 Å². The minimum atomic E-state index is -0.615. The number of hydrogen-bond acceptors (Lipinski definition) is 6. The number of nitriles is 1. The van der Waals surface area contributed by atoms with Crippen LogP contribution in [-0.2, 0) is 11.3 Å². The van der Waals surface area contributed by atoms with Crippen LogP contribution >= 0.6 is 0 Å². The zero-order valence-electron chi connectivity index (χ0n) is 14.7. The van der Waals surface area contributed by atoms with Crippen molar-refractivity contribution < 1.29 is 18.3 Å². The Bertz CT molecular complexity index is 1020. The van der Waals surface area contributed by atoms with Gasteiger partial charge in [-0.25, -0.2) is 14.2 Å². The first-order chi connectivity index (χ1) is 13.0. The molecule has 0 atom stereocenters. The zero-order chi connectivity index (χ0) is 19.4. The molecule has 0 unspecified atom stereocenters. The fourth-order valence-corrected chi connectivity index (χ4v) is 2.50. The maximum Gasteiger partial charge on any atom is 0.338 e. The van der Waals surface area contributed by atoms with Gasteiger partial charge in [0.25, 0.3) is 0 Å². The van der Waals surface area contributed by atoms with E-state index in [1.807, 2.05) is 0 Å². The predicted molar refractivity (Wildman–Crippen MR) is 96.5 cm³/mol. The van der Waals surface area contributed by atoms with E-state index in [1.165, 1.54) is 13.2 Å². The molecular formula is C20H16FN3O3. The minimum absolute atomic E-state index is 0.119. The van der Waals surface area contributed by atoms with Crippen LogP contribution in [0.25, 0.3) is 11.3 Å². The van der Waals surface area contributed by atoms with Crippen LogP contribution in [-0.4, -0.2) is 18.1 Å². The topological polar surface area (TPSA) is 88.1 Å². The van der Waals surface area contributed by atoms with Gasteiger partial charge in [-0.2, -0.15) is 5.26 Å². The molecule has 136 valence electrons. The first-order valence-electron chi connectivity index (χ1n) is 8.09. The second kappa shape index (κ2) is 7.70. The van der Waals surface area contributed by atoms with Gasteiger partial charge in [0.2, 0.25) is 5.89 Å². The quantitative estimate of drug-likeness (QED) is 0.686. The van der Waals surface area contributed by atoms with E-state index in [2.05, 4.69) is 21.1 Å². The van der Waals surface area contributed by atoms with Crippen molar-refractivity contribution in [3.63, 3.8) is 0 Å². The molecule has 0 saturated carbocycles. The second-order valence-corrected chi connectivity index (χ2v) is 5.78. The molecule has 0 aliphatic heterocycles. The summed E-state index contributed by atoms with van der Waals surface area (Å²) in [5, 5.41) is 11.9. The summed E-state index contributed by atoms with van der Waals surface area (Å²) in [6.45, 7) is 1.82. The largest absolute Gasteiger partial charge is 0.465 e. The molecule has 0 saturated heterocycles. The Hall–Kier alpha value is -3.66. The van der Waals surface area contributed by atoms with Crippen LogP contribution < -0.4 is 5.32 Å². The van der Waals surface area contributed by atoms with Crippen molar-refractivity contribution in [2.75, 3.05) is 12.4 Å². The van der Waals surface area contributed by atoms with E-state index >= 15 is 0 Å². The van der Waals surface area contributed by atoms with E-state index in [-0.39, 0.29) is 12.1 Å². The highest BCUT2D eigenvalue weighted by Gasteiger charge is 2.14. The second-order valence-electron chi connectivity index (χ2n) is 5.78. The first-order valence-corrected chi connectivity index (χ1v) is 8.09. The van der Waals surface area contributed by atoms with Gasteiger partial charge in [-0.3, -0.25) is 0 Å². The number of carbonyl (C=O) groups excluding carboxylic acids is 1. The van der Waals surface area contributed by atoms with Crippen molar-refractivity contribution in [1.29, 1.82) is 5.26 Å². The molecule has 6 nitrogen and oxygen atoms in total. The first kappa shape index (κ1) is 18.1. The van der Waals surface area contributed by atoms with Gasteiger partial charge in [0.05, 0.1) is 37.0 Å². The lowest BCUT2D eigenvalue weighted by molar-refractivity contribution is 0.0600. The molecule has 1 aromatic heterocycles. The molecule has 0 aliphatic rings. The predicted octanol–water partition coefficient (Wildman–Crippen LogP) is 4.06. The van der Waals surface area contributed by atoms with E-state index < -0.39 is 11.8 Å². The normalized spacial score (nSPS) is 10.3. The maximum absolute atomic E-state index is 14.0. The summed E-state index contributed by atoms with van der Waals surface area (Å²) in [6, 6.07) is 11.7. The maximum atomic E-state index is 14.0. The highest BCUT2D eigenvalue weighted by Crippen LogP contribution is 2.24. The average molecular weight is 365 g/mol. The third-order valence-electron chi connectivity index (χ3n) is 4.05. The lowest BCUT2D eigenvalue weighted by Crippen LogP contribution is -2.07. The number of esters is 1. The smallest absolute Gasteiger partial charge is 0.338 e. The lowest BCUT2D eigenvalue weighted by Gasteiger charge is -2.10. The number of anilines is 1. The van der Waals surface area contributed by atoms with Crippen LogP contribution in [0.1, 0.15) is 27.4 Å². The zero-order valence-corrected chi connectivity index (χ0v) is 14.7. The molecule has 0 aliphatic carbocycles. The van der Waals surface area contributed by atoms with E-state index in [9.17, 15) is 9.18 Å². The van der Waals surface area contributed by atoms with Crippen LogP contribution in [0.3, 0.4) is 0 Å². The molecule has 3 aromatic rings. The Balaban J connectivity index is 1.76. The van der Waals surface area contributed by atoms with Crippen LogP contribution in [0.5, 0.6) is 0 Å². The Morgan fingerprint density at radius 2 is 2.07 bits per heavy atom. The highest BCUT2D eigenvalue weighted by molar-refractivity contribution is 5.90. The fraction of sp³-hybridized carbons (Fsp3) is 0.150. The monoisotopic (exact) mass is 365 g/mol. The molecule has 7 heteroatoms. The summed E-state index contributed by atoms with van der Waals surface area (Å²) in [7, 11) is 1.24. The number of carbonyl (C=O) groups is 1. The van der Waals surface area contributed by atoms with Gasteiger partial charge in [0.15, 0.2) is 5.76 Å². The Morgan fingerprint density at radius 3 is 2.74 bits per heavy atom. The summed E-state index contributed by atoms with van der Waals surface area (Å²) in [5.41, 5.74) is 2.30. The number of methoxy groups -OCH3 is 1. The third-order valence-corrected chi connectivity index (χ3v) is 4.05.